The number of rotatable bonds is 1. The van der Waals surface area contributed by atoms with Crippen LogP contribution in [0.2, 0.25) is 10.0 Å². The van der Waals surface area contributed by atoms with Gasteiger partial charge in [0.25, 0.3) is 5.91 Å². The summed E-state index contributed by atoms with van der Waals surface area (Å²) in [6.45, 7) is 0.663. The van der Waals surface area contributed by atoms with Crippen molar-refractivity contribution >= 4 is 40.8 Å². The van der Waals surface area contributed by atoms with E-state index in [1.54, 1.807) is 12.1 Å². The number of carbonyl (C=O) groups excluding carboxylic acids is 2. The van der Waals surface area contributed by atoms with Crippen LogP contribution in [0, 0.1) is 0 Å². The van der Waals surface area contributed by atoms with Gasteiger partial charge in [0.05, 0.1) is 22.3 Å². The monoisotopic (exact) mass is 300 g/mol. The normalized spacial score (nSPS) is 26.3. The molecule has 5 nitrogen and oxygen atoms in total. The van der Waals surface area contributed by atoms with E-state index in [2.05, 4.69) is 5.32 Å². The zero-order valence-electron chi connectivity index (χ0n) is 9.78. The SMILES string of the molecule is O=C1NC2(CCOC2)C(=O)N1c1ccc(Cl)c(Cl)c1. The summed E-state index contributed by atoms with van der Waals surface area (Å²) in [5.41, 5.74) is -0.524. The second-order valence-electron chi connectivity index (χ2n) is 4.55. The van der Waals surface area contributed by atoms with Gasteiger partial charge in [0.15, 0.2) is 0 Å². The van der Waals surface area contributed by atoms with E-state index in [4.69, 9.17) is 27.9 Å². The molecule has 2 aliphatic rings. The van der Waals surface area contributed by atoms with Crippen molar-refractivity contribution in [2.45, 2.75) is 12.0 Å². The van der Waals surface area contributed by atoms with E-state index >= 15 is 0 Å². The van der Waals surface area contributed by atoms with Gasteiger partial charge in [-0.15, -0.1) is 0 Å². The third-order valence-corrected chi connectivity index (χ3v) is 4.08. The predicted molar refractivity (Wildman–Crippen MR) is 70.6 cm³/mol. The number of carbonyl (C=O) groups is 2. The largest absolute Gasteiger partial charge is 0.378 e. The highest BCUT2D eigenvalue weighted by Crippen LogP contribution is 2.33. The van der Waals surface area contributed by atoms with Gasteiger partial charge in [-0.05, 0) is 18.2 Å². The summed E-state index contributed by atoms with van der Waals surface area (Å²) in [7, 11) is 0. The van der Waals surface area contributed by atoms with Crippen LogP contribution >= 0.6 is 23.2 Å². The van der Waals surface area contributed by atoms with Crippen molar-refractivity contribution in [3.8, 4) is 0 Å². The fourth-order valence-electron chi connectivity index (χ4n) is 2.31. The number of hydrogen-bond acceptors (Lipinski definition) is 3. The molecule has 3 amide bonds. The summed E-state index contributed by atoms with van der Waals surface area (Å²) in [4.78, 5) is 25.5. The zero-order valence-corrected chi connectivity index (χ0v) is 11.3. The highest BCUT2D eigenvalue weighted by Gasteiger charge is 2.54. The number of imide groups is 1. The van der Waals surface area contributed by atoms with Gasteiger partial charge in [-0.3, -0.25) is 4.79 Å². The molecule has 19 heavy (non-hydrogen) atoms. The fraction of sp³-hybridized carbons (Fsp3) is 0.333. The van der Waals surface area contributed by atoms with Crippen LogP contribution in [0.5, 0.6) is 0 Å². The van der Waals surface area contributed by atoms with Gasteiger partial charge < -0.3 is 10.1 Å². The molecule has 1 N–H and O–H groups in total. The maximum Gasteiger partial charge on any atom is 0.329 e. The lowest BCUT2D eigenvalue weighted by molar-refractivity contribution is -0.122. The average molecular weight is 301 g/mol. The highest BCUT2D eigenvalue weighted by atomic mass is 35.5. The van der Waals surface area contributed by atoms with Crippen LogP contribution in [0.25, 0.3) is 0 Å². The van der Waals surface area contributed by atoms with Crippen LogP contribution in [0.1, 0.15) is 6.42 Å². The van der Waals surface area contributed by atoms with Crippen LogP contribution < -0.4 is 10.2 Å². The minimum atomic E-state index is -0.927. The molecule has 2 heterocycles. The first kappa shape index (κ1) is 12.7. The smallest absolute Gasteiger partial charge is 0.329 e. The van der Waals surface area contributed by atoms with Gasteiger partial charge in [-0.25, -0.2) is 9.69 Å². The molecule has 0 aromatic heterocycles. The lowest BCUT2D eigenvalue weighted by Gasteiger charge is -2.18. The van der Waals surface area contributed by atoms with Crippen LogP contribution in [0.3, 0.4) is 0 Å². The summed E-state index contributed by atoms with van der Waals surface area (Å²) in [6, 6.07) is 4.17. The number of anilines is 1. The van der Waals surface area contributed by atoms with E-state index in [-0.39, 0.29) is 12.5 Å². The van der Waals surface area contributed by atoms with Crippen molar-refractivity contribution in [3.63, 3.8) is 0 Å². The molecule has 1 aromatic rings. The molecule has 3 rings (SSSR count). The summed E-state index contributed by atoms with van der Waals surface area (Å²) in [6.07, 6.45) is 0.482. The van der Waals surface area contributed by atoms with Crippen LogP contribution in [0.4, 0.5) is 10.5 Å². The fourth-order valence-corrected chi connectivity index (χ4v) is 2.60. The van der Waals surface area contributed by atoms with E-state index in [1.165, 1.54) is 6.07 Å². The Kier molecular flexibility index (Phi) is 2.92. The number of halogens is 2. The summed E-state index contributed by atoms with van der Waals surface area (Å²) in [5, 5.41) is 3.36. The lowest BCUT2D eigenvalue weighted by atomic mass is 9.99. The molecule has 1 aromatic carbocycles. The molecule has 7 heteroatoms. The molecule has 1 atom stereocenters. The molecule has 0 bridgehead atoms. The Bertz CT molecular complexity index is 570. The van der Waals surface area contributed by atoms with Gasteiger partial charge in [-0.1, -0.05) is 23.2 Å². The Hall–Kier alpha value is -1.30. The van der Waals surface area contributed by atoms with Crippen molar-refractivity contribution < 1.29 is 14.3 Å². The molecule has 2 fully saturated rings. The minimum absolute atomic E-state index is 0.204. The molecule has 0 saturated carbocycles. The number of benzene rings is 1. The molecular formula is C12H10Cl2N2O3. The van der Waals surface area contributed by atoms with E-state index in [0.29, 0.717) is 28.8 Å². The molecule has 0 aliphatic carbocycles. The zero-order chi connectivity index (χ0) is 13.6. The van der Waals surface area contributed by atoms with E-state index in [0.717, 1.165) is 4.90 Å². The van der Waals surface area contributed by atoms with Gasteiger partial charge in [0.1, 0.15) is 5.54 Å². The van der Waals surface area contributed by atoms with Gasteiger partial charge in [0.2, 0.25) is 0 Å². The molecule has 2 aliphatic heterocycles. The lowest BCUT2D eigenvalue weighted by Crippen LogP contribution is -2.47. The van der Waals surface area contributed by atoms with Gasteiger partial charge >= 0.3 is 6.03 Å². The first-order chi connectivity index (χ1) is 9.03. The topological polar surface area (TPSA) is 58.6 Å². The first-order valence-electron chi connectivity index (χ1n) is 5.73. The number of ether oxygens (including phenoxy) is 1. The van der Waals surface area contributed by atoms with Crippen molar-refractivity contribution in [2.24, 2.45) is 0 Å². The molecule has 1 spiro atoms. The standard InChI is InChI=1S/C12H10Cl2N2O3/c13-8-2-1-7(5-9(8)14)16-10(17)12(15-11(16)18)3-4-19-6-12/h1-2,5H,3-4,6H2,(H,15,18). The van der Waals surface area contributed by atoms with Crippen LogP contribution in [-0.4, -0.2) is 30.7 Å². The third kappa shape index (κ3) is 1.89. The molecule has 0 radical (unpaired) electrons. The molecule has 1 unspecified atom stereocenters. The van der Waals surface area contributed by atoms with Gasteiger partial charge in [-0.2, -0.15) is 0 Å². The summed E-state index contributed by atoms with van der Waals surface area (Å²) < 4.78 is 5.22. The Morgan fingerprint density at radius 2 is 2.05 bits per heavy atom. The Balaban J connectivity index is 1.98. The highest BCUT2D eigenvalue weighted by molar-refractivity contribution is 6.42. The number of hydrogen-bond donors (Lipinski definition) is 1. The van der Waals surface area contributed by atoms with Gasteiger partial charge in [0, 0.05) is 13.0 Å². The predicted octanol–water partition coefficient (Wildman–Crippen LogP) is 2.21. The average Bonchev–Trinajstić information content (AvgIpc) is 2.91. The molecule has 100 valence electrons. The van der Waals surface area contributed by atoms with Crippen molar-refractivity contribution in [1.82, 2.24) is 5.32 Å². The van der Waals surface area contributed by atoms with Crippen LogP contribution in [-0.2, 0) is 9.53 Å². The van der Waals surface area contributed by atoms with E-state index in [9.17, 15) is 9.59 Å². The Labute approximate surface area is 119 Å². The summed E-state index contributed by atoms with van der Waals surface area (Å²) in [5.74, 6) is -0.312. The number of nitrogens with zero attached hydrogens (tertiary/aromatic N) is 1. The van der Waals surface area contributed by atoms with Crippen molar-refractivity contribution in [2.75, 3.05) is 18.1 Å². The minimum Gasteiger partial charge on any atom is -0.378 e. The molecule has 2 saturated heterocycles. The number of nitrogens with one attached hydrogen (secondary N) is 1. The van der Waals surface area contributed by atoms with Crippen LogP contribution in [0.15, 0.2) is 18.2 Å². The quantitative estimate of drug-likeness (QED) is 0.809. The number of urea groups is 1. The summed E-state index contributed by atoms with van der Waals surface area (Å²) >= 11 is 11.7. The second kappa shape index (κ2) is 4.37. The maximum absolute atomic E-state index is 12.4. The molecular weight excluding hydrogens is 291 g/mol. The van der Waals surface area contributed by atoms with Crippen molar-refractivity contribution in [1.29, 1.82) is 0 Å². The first-order valence-corrected chi connectivity index (χ1v) is 6.49. The van der Waals surface area contributed by atoms with Crippen molar-refractivity contribution in [3.05, 3.63) is 28.2 Å². The third-order valence-electron chi connectivity index (χ3n) is 3.34. The maximum atomic E-state index is 12.4. The van der Waals surface area contributed by atoms with E-state index < -0.39 is 11.6 Å². The Morgan fingerprint density at radius 3 is 2.68 bits per heavy atom. The second-order valence-corrected chi connectivity index (χ2v) is 5.37. The van der Waals surface area contributed by atoms with E-state index in [1.807, 2.05) is 0 Å². The number of amides is 3. The Morgan fingerprint density at radius 1 is 1.26 bits per heavy atom.